The number of hydrogen-bond donors (Lipinski definition) is 1. The number of rotatable bonds is 2. The second-order valence-electron chi connectivity index (χ2n) is 3.89. The van der Waals surface area contributed by atoms with Crippen molar-refractivity contribution in [1.29, 1.82) is 0 Å². The molecule has 1 atom stereocenters. The Morgan fingerprint density at radius 1 is 1.40 bits per heavy atom. The number of benzene rings is 1. The van der Waals surface area contributed by atoms with Gasteiger partial charge in [-0.3, -0.25) is 0 Å². The van der Waals surface area contributed by atoms with Crippen LogP contribution in [0.5, 0.6) is 5.75 Å². The maximum Gasteiger partial charge on any atom is 0.126 e. The summed E-state index contributed by atoms with van der Waals surface area (Å²) in [7, 11) is 1.58. The van der Waals surface area contributed by atoms with Crippen molar-refractivity contribution in [2.24, 2.45) is 0 Å². The minimum Gasteiger partial charge on any atom is -0.496 e. The second-order valence-corrected chi connectivity index (χ2v) is 3.89. The molecule has 0 aromatic heterocycles. The Kier molecular flexibility index (Phi) is 3.21. The third kappa shape index (κ3) is 2.29. The van der Waals surface area contributed by atoms with Gasteiger partial charge >= 0.3 is 0 Å². The summed E-state index contributed by atoms with van der Waals surface area (Å²) in [4.78, 5) is 0. The summed E-state index contributed by atoms with van der Waals surface area (Å²) in [6.45, 7) is 1.03. The normalized spacial score (nSPS) is 21.3. The Hall–Kier alpha value is -1.09. The van der Waals surface area contributed by atoms with E-state index in [2.05, 4.69) is 5.32 Å². The first-order valence-electron chi connectivity index (χ1n) is 5.38. The molecule has 1 aromatic carbocycles. The number of nitrogens with one attached hydrogen (secondary N) is 1. The minimum atomic E-state index is -0.244. The highest BCUT2D eigenvalue weighted by Crippen LogP contribution is 2.30. The van der Waals surface area contributed by atoms with Crippen molar-refractivity contribution in [2.75, 3.05) is 13.7 Å². The number of ether oxygens (including phenoxy) is 1. The van der Waals surface area contributed by atoms with E-state index in [0.29, 0.717) is 11.8 Å². The molecule has 1 saturated heterocycles. The summed E-state index contributed by atoms with van der Waals surface area (Å²) in [5, 5.41) is 3.43. The quantitative estimate of drug-likeness (QED) is 0.808. The van der Waals surface area contributed by atoms with E-state index in [1.54, 1.807) is 7.11 Å². The summed E-state index contributed by atoms with van der Waals surface area (Å²) < 4.78 is 18.2. The predicted octanol–water partition coefficient (Wildman–Crippen LogP) is 2.65. The molecule has 3 heteroatoms. The zero-order valence-corrected chi connectivity index (χ0v) is 8.92. The van der Waals surface area contributed by atoms with Crippen LogP contribution in [-0.2, 0) is 0 Å². The van der Waals surface area contributed by atoms with Crippen molar-refractivity contribution in [1.82, 2.24) is 5.32 Å². The fourth-order valence-corrected chi connectivity index (χ4v) is 2.09. The molecule has 2 rings (SSSR count). The summed E-state index contributed by atoms with van der Waals surface area (Å²) in [6.07, 6.45) is 3.54. The van der Waals surface area contributed by atoms with Crippen LogP contribution in [0.15, 0.2) is 18.2 Å². The maximum atomic E-state index is 13.0. The Balaban J connectivity index is 2.25. The largest absolute Gasteiger partial charge is 0.496 e. The van der Waals surface area contributed by atoms with Crippen molar-refractivity contribution < 1.29 is 9.13 Å². The lowest BCUT2D eigenvalue weighted by molar-refractivity contribution is 0.371. The van der Waals surface area contributed by atoms with E-state index >= 15 is 0 Å². The van der Waals surface area contributed by atoms with Crippen molar-refractivity contribution in [2.45, 2.75) is 25.3 Å². The molecule has 0 spiro atoms. The average Bonchev–Trinajstić information content (AvgIpc) is 2.30. The lowest BCUT2D eigenvalue weighted by atomic mass is 9.97. The first kappa shape index (κ1) is 10.4. The van der Waals surface area contributed by atoms with Crippen LogP contribution >= 0.6 is 0 Å². The summed E-state index contributed by atoms with van der Waals surface area (Å²) >= 11 is 0. The molecule has 2 nitrogen and oxygen atoms in total. The molecular formula is C12H16FNO. The van der Waals surface area contributed by atoms with E-state index in [4.69, 9.17) is 4.74 Å². The molecule has 0 aliphatic carbocycles. The highest BCUT2D eigenvalue weighted by Gasteiger charge is 2.18. The number of hydrogen-bond acceptors (Lipinski definition) is 2. The van der Waals surface area contributed by atoms with Crippen LogP contribution in [-0.4, -0.2) is 13.7 Å². The predicted molar refractivity (Wildman–Crippen MR) is 57.5 cm³/mol. The fraction of sp³-hybridized carbons (Fsp3) is 0.500. The van der Waals surface area contributed by atoms with Gasteiger partial charge in [-0.1, -0.05) is 12.5 Å². The zero-order chi connectivity index (χ0) is 10.7. The average molecular weight is 209 g/mol. The standard InChI is InChI=1S/C12H16FNO/c1-15-12-8-9(13)5-6-10(12)11-4-2-3-7-14-11/h5-6,8,11,14H,2-4,7H2,1H3/t11-/m1/s1. The van der Waals surface area contributed by atoms with E-state index in [0.717, 1.165) is 18.5 Å². The molecule has 1 fully saturated rings. The topological polar surface area (TPSA) is 21.3 Å². The van der Waals surface area contributed by atoms with Gasteiger partial charge in [0.05, 0.1) is 7.11 Å². The van der Waals surface area contributed by atoms with Crippen LogP contribution in [0.4, 0.5) is 4.39 Å². The van der Waals surface area contributed by atoms with Crippen molar-refractivity contribution in [3.8, 4) is 5.75 Å². The Labute approximate surface area is 89.4 Å². The van der Waals surface area contributed by atoms with Gasteiger partial charge in [0.15, 0.2) is 0 Å². The van der Waals surface area contributed by atoms with Gasteiger partial charge < -0.3 is 10.1 Å². The van der Waals surface area contributed by atoms with Gasteiger partial charge in [0, 0.05) is 17.7 Å². The Bertz CT molecular complexity index is 334. The van der Waals surface area contributed by atoms with E-state index in [1.807, 2.05) is 6.07 Å². The lowest BCUT2D eigenvalue weighted by Crippen LogP contribution is -2.27. The smallest absolute Gasteiger partial charge is 0.126 e. The van der Waals surface area contributed by atoms with Crippen LogP contribution in [0.3, 0.4) is 0 Å². The van der Waals surface area contributed by atoms with E-state index in [1.165, 1.54) is 25.0 Å². The summed E-state index contributed by atoms with van der Waals surface area (Å²) in [5.74, 6) is 0.404. The number of piperidine rings is 1. The van der Waals surface area contributed by atoms with Crippen LogP contribution in [0.1, 0.15) is 30.9 Å². The van der Waals surface area contributed by atoms with Gasteiger partial charge in [-0.25, -0.2) is 4.39 Å². The minimum absolute atomic E-state index is 0.244. The lowest BCUT2D eigenvalue weighted by Gasteiger charge is -2.25. The third-order valence-corrected chi connectivity index (χ3v) is 2.88. The molecule has 1 aromatic rings. The van der Waals surface area contributed by atoms with Crippen LogP contribution in [0, 0.1) is 5.82 Å². The molecule has 1 aliphatic heterocycles. The van der Waals surface area contributed by atoms with Gasteiger partial charge in [-0.2, -0.15) is 0 Å². The van der Waals surface area contributed by atoms with Gasteiger partial charge in [-0.05, 0) is 25.5 Å². The third-order valence-electron chi connectivity index (χ3n) is 2.88. The molecule has 0 bridgehead atoms. The van der Waals surface area contributed by atoms with Crippen LogP contribution in [0.25, 0.3) is 0 Å². The Morgan fingerprint density at radius 2 is 2.27 bits per heavy atom. The summed E-state index contributed by atoms with van der Waals surface area (Å²) in [6, 6.07) is 5.07. The molecular weight excluding hydrogens is 193 g/mol. The number of methoxy groups -OCH3 is 1. The van der Waals surface area contributed by atoms with Gasteiger partial charge in [0.25, 0.3) is 0 Å². The van der Waals surface area contributed by atoms with Crippen molar-refractivity contribution >= 4 is 0 Å². The SMILES string of the molecule is COc1cc(F)ccc1[C@H]1CCCCN1. The highest BCUT2D eigenvalue weighted by molar-refractivity contribution is 5.36. The maximum absolute atomic E-state index is 13.0. The number of halogens is 1. The first-order valence-corrected chi connectivity index (χ1v) is 5.38. The molecule has 15 heavy (non-hydrogen) atoms. The second kappa shape index (κ2) is 4.62. The van der Waals surface area contributed by atoms with E-state index in [9.17, 15) is 4.39 Å². The monoisotopic (exact) mass is 209 g/mol. The van der Waals surface area contributed by atoms with E-state index < -0.39 is 0 Å². The Morgan fingerprint density at radius 3 is 2.93 bits per heavy atom. The van der Waals surface area contributed by atoms with Gasteiger partial charge in [-0.15, -0.1) is 0 Å². The highest BCUT2D eigenvalue weighted by atomic mass is 19.1. The van der Waals surface area contributed by atoms with Gasteiger partial charge in [0.1, 0.15) is 11.6 Å². The molecule has 0 unspecified atom stereocenters. The fourth-order valence-electron chi connectivity index (χ4n) is 2.09. The molecule has 0 radical (unpaired) electrons. The molecule has 1 aliphatic rings. The van der Waals surface area contributed by atoms with Crippen LogP contribution < -0.4 is 10.1 Å². The molecule has 0 saturated carbocycles. The van der Waals surface area contributed by atoms with Crippen molar-refractivity contribution in [3.63, 3.8) is 0 Å². The van der Waals surface area contributed by atoms with Crippen LogP contribution in [0.2, 0.25) is 0 Å². The molecule has 1 heterocycles. The first-order chi connectivity index (χ1) is 7.31. The van der Waals surface area contributed by atoms with Crippen molar-refractivity contribution in [3.05, 3.63) is 29.6 Å². The molecule has 82 valence electrons. The molecule has 1 N–H and O–H groups in total. The molecule has 0 amide bonds. The zero-order valence-electron chi connectivity index (χ0n) is 8.92. The summed E-state index contributed by atoms with van der Waals surface area (Å²) in [5.41, 5.74) is 1.07. The van der Waals surface area contributed by atoms with Gasteiger partial charge in [0.2, 0.25) is 0 Å². The van der Waals surface area contributed by atoms with E-state index in [-0.39, 0.29) is 5.82 Å².